The molecular weight excluding hydrogens is 226 g/mol. The van der Waals surface area contributed by atoms with Crippen LogP contribution in [0.2, 0.25) is 0 Å². The zero-order chi connectivity index (χ0) is 11.4. The topological polar surface area (TPSA) is 80.5 Å². The molecule has 0 bridgehead atoms. The molecule has 0 aromatic carbocycles. The van der Waals surface area contributed by atoms with E-state index in [1.54, 1.807) is 0 Å². The first-order chi connectivity index (χ1) is 7.78. The standard InChI is InChI=1S/C9H13N5OS/c1-3-4-7-12-13-8(15-7)5-16-9-10-6(2)11-14-9/h3-5H2,1-2H3,(H,10,11,14). The Morgan fingerprint density at radius 2 is 2.12 bits per heavy atom. The first-order valence-corrected chi connectivity index (χ1v) is 6.09. The van der Waals surface area contributed by atoms with E-state index in [2.05, 4.69) is 32.3 Å². The van der Waals surface area contributed by atoms with Crippen LogP contribution in [-0.4, -0.2) is 25.4 Å². The van der Waals surface area contributed by atoms with Crippen LogP contribution in [0.5, 0.6) is 0 Å². The molecule has 0 spiro atoms. The molecule has 2 heterocycles. The number of aryl methyl sites for hydroxylation is 2. The molecule has 2 aromatic rings. The van der Waals surface area contributed by atoms with E-state index in [-0.39, 0.29) is 0 Å². The lowest BCUT2D eigenvalue weighted by molar-refractivity contribution is 0.462. The van der Waals surface area contributed by atoms with Crippen LogP contribution < -0.4 is 0 Å². The summed E-state index contributed by atoms with van der Waals surface area (Å²) < 4.78 is 5.44. The van der Waals surface area contributed by atoms with Crippen molar-refractivity contribution in [2.45, 2.75) is 37.6 Å². The van der Waals surface area contributed by atoms with Crippen molar-refractivity contribution in [1.82, 2.24) is 25.4 Å². The molecule has 0 aliphatic heterocycles. The molecule has 2 aromatic heterocycles. The summed E-state index contributed by atoms with van der Waals surface area (Å²) in [4.78, 5) is 4.18. The second-order valence-corrected chi connectivity index (χ2v) is 4.27. The maximum absolute atomic E-state index is 5.44. The van der Waals surface area contributed by atoms with Crippen molar-refractivity contribution >= 4 is 11.8 Å². The summed E-state index contributed by atoms with van der Waals surface area (Å²) in [5, 5.41) is 15.4. The number of nitrogens with zero attached hydrogens (tertiary/aromatic N) is 4. The third-order valence-corrected chi connectivity index (χ3v) is 2.71. The predicted octanol–water partition coefficient (Wildman–Crippen LogP) is 1.74. The van der Waals surface area contributed by atoms with Crippen molar-refractivity contribution in [3.8, 4) is 0 Å². The Morgan fingerprint density at radius 3 is 2.81 bits per heavy atom. The Kier molecular flexibility index (Phi) is 3.55. The summed E-state index contributed by atoms with van der Waals surface area (Å²) in [6, 6.07) is 0. The molecule has 0 aliphatic rings. The molecule has 2 rings (SSSR count). The van der Waals surface area contributed by atoms with Gasteiger partial charge in [-0.25, -0.2) is 4.98 Å². The highest BCUT2D eigenvalue weighted by molar-refractivity contribution is 7.98. The van der Waals surface area contributed by atoms with E-state index in [0.717, 1.165) is 18.7 Å². The van der Waals surface area contributed by atoms with Gasteiger partial charge in [-0.3, -0.25) is 5.10 Å². The van der Waals surface area contributed by atoms with Crippen molar-refractivity contribution in [1.29, 1.82) is 0 Å². The molecule has 0 fully saturated rings. The number of hydrogen-bond donors (Lipinski definition) is 1. The zero-order valence-corrected chi connectivity index (χ0v) is 10.0. The maximum Gasteiger partial charge on any atom is 0.226 e. The smallest absolute Gasteiger partial charge is 0.226 e. The second kappa shape index (κ2) is 5.11. The first kappa shape index (κ1) is 11.1. The van der Waals surface area contributed by atoms with Crippen LogP contribution >= 0.6 is 11.8 Å². The summed E-state index contributed by atoms with van der Waals surface area (Å²) in [7, 11) is 0. The average molecular weight is 239 g/mol. The van der Waals surface area contributed by atoms with Crippen molar-refractivity contribution in [3.63, 3.8) is 0 Å². The van der Waals surface area contributed by atoms with Crippen LogP contribution in [0.3, 0.4) is 0 Å². The Balaban J connectivity index is 1.89. The Morgan fingerprint density at radius 1 is 1.31 bits per heavy atom. The SMILES string of the molecule is CCCc1nnc(CSc2n[nH]c(C)n2)o1. The lowest BCUT2D eigenvalue weighted by Gasteiger charge is -1.90. The zero-order valence-electron chi connectivity index (χ0n) is 9.23. The van der Waals surface area contributed by atoms with Crippen LogP contribution in [-0.2, 0) is 12.2 Å². The van der Waals surface area contributed by atoms with E-state index in [9.17, 15) is 0 Å². The molecule has 0 saturated carbocycles. The van der Waals surface area contributed by atoms with Gasteiger partial charge < -0.3 is 4.42 Å². The summed E-state index contributed by atoms with van der Waals surface area (Å²) >= 11 is 1.48. The fraction of sp³-hybridized carbons (Fsp3) is 0.556. The second-order valence-electron chi connectivity index (χ2n) is 3.33. The van der Waals surface area contributed by atoms with E-state index in [1.165, 1.54) is 11.8 Å². The molecule has 0 amide bonds. The van der Waals surface area contributed by atoms with Crippen LogP contribution in [0.4, 0.5) is 0 Å². The van der Waals surface area contributed by atoms with Gasteiger partial charge in [0.15, 0.2) is 0 Å². The summed E-state index contributed by atoms with van der Waals surface area (Å²) in [5.74, 6) is 2.73. The van der Waals surface area contributed by atoms with Crippen molar-refractivity contribution in [2.24, 2.45) is 0 Å². The van der Waals surface area contributed by atoms with Crippen LogP contribution in [0, 0.1) is 6.92 Å². The number of aromatic amines is 1. The van der Waals surface area contributed by atoms with Gasteiger partial charge in [0.25, 0.3) is 0 Å². The molecule has 0 atom stereocenters. The van der Waals surface area contributed by atoms with Crippen LogP contribution in [0.1, 0.15) is 31.0 Å². The molecule has 0 aliphatic carbocycles. The number of H-pyrrole nitrogens is 1. The molecule has 16 heavy (non-hydrogen) atoms. The van der Waals surface area contributed by atoms with E-state index in [1.807, 2.05) is 6.92 Å². The van der Waals surface area contributed by atoms with Gasteiger partial charge >= 0.3 is 0 Å². The van der Waals surface area contributed by atoms with Gasteiger partial charge in [0.1, 0.15) is 5.82 Å². The number of nitrogens with one attached hydrogen (secondary N) is 1. The minimum Gasteiger partial charge on any atom is -0.424 e. The van der Waals surface area contributed by atoms with Crippen LogP contribution in [0.25, 0.3) is 0 Å². The number of rotatable bonds is 5. The normalized spacial score (nSPS) is 10.9. The van der Waals surface area contributed by atoms with Gasteiger partial charge in [-0.05, 0) is 13.3 Å². The number of hydrogen-bond acceptors (Lipinski definition) is 6. The van der Waals surface area contributed by atoms with Crippen molar-refractivity contribution in [3.05, 3.63) is 17.6 Å². The molecule has 0 saturated heterocycles. The predicted molar refractivity (Wildman–Crippen MR) is 59.0 cm³/mol. The number of thioether (sulfide) groups is 1. The highest BCUT2D eigenvalue weighted by Gasteiger charge is 2.07. The lowest BCUT2D eigenvalue weighted by Crippen LogP contribution is -1.82. The fourth-order valence-corrected chi connectivity index (χ4v) is 1.86. The third-order valence-electron chi connectivity index (χ3n) is 1.87. The van der Waals surface area contributed by atoms with Crippen molar-refractivity contribution < 1.29 is 4.42 Å². The fourth-order valence-electron chi connectivity index (χ4n) is 1.17. The summed E-state index contributed by atoms with van der Waals surface area (Å²) in [6.45, 7) is 3.94. The molecular formula is C9H13N5OS. The van der Waals surface area contributed by atoms with E-state index < -0.39 is 0 Å². The minimum atomic E-state index is 0.605. The molecule has 6 nitrogen and oxygen atoms in total. The Hall–Kier alpha value is -1.37. The van der Waals surface area contributed by atoms with Gasteiger partial charge in [-0.1, -0.05) is 18.7 Å². The molecule has 0 radical (unpaired) electrons. The van der Waals surface area contributed by atoms with Crippen molar-refractivity contribution in [2.75, 3.05) is 0 Å². The molecule has 0 unspecified atom stereocenters. The first-order valence-electron chi connectivity index (χ1n) is 5.11. The summed E-state index contributed by atoms with van der Waals surface area (Å²) in [6.07, 6.45) is 1.84. The van der Waals surface area contributed by atoms with E-state index in [4.69, 9.17) is 4.42 Å². The van der Waals surface area contributed by atoms with Gasteiger partial charge in [0.2, 0.25) is 16.9 Å². The Labute approximate surface area is 97.3 Å². The average Bonchev–Trinajstić information content (AvgIpc) is 2.85. The van der Waals surface area contributed by atoms with E-state index in [0.29, 0.717) is 22.7 Å². The van der Waals surface area contributed by atoms with Gasteiger partial charge in [-0.2, -0.15) is 0 Å². The van der Waals surface area contributed by atoms with E-state index >= 15 is 0 Å². The molecule has 1 N–H and O–H groups in total. The van der Waals surface area contributed by atoms with Crippen LogP contribution in [0.15, 0.2) is 9.57 Å². The Bertz CT molecular complexity index is 452. The lowest BCUT2D eigenvalue weighted by atomic mass is 10.3. The monoisotopic (exact) mass is 239 g/mol. The minimum absolute atomic E-state index is 0.605. The third kappa shape index (κ3) is 2.82. The van der Waals surface area contributed by atoms with Gasteiger partial charge in [0, 0.05) is 6.42 Å². The molecule has 7 heteroatoms. The maximum atomic E-state index is 5.44. The molecule has 86 valence electrons. The van der Waals surface area contributed by atoms with Gasteiger partial charge in [-0.15, -0.1) is 15.3 Å². The quantitative estimate of drug-likeness (QED) is 0.800. The summed E-state index contributed by atoms with van der Waals surface area (Å²) in [5.41, 5.74) is 0. The highest BCUT2D eigenvalue weighted by atomic mass is 32.2. The highest BCUT2D eigenvalue weighted by Crippen LogP contribution is 2.18. The number of aromatic nitrogens is 5. The largest absolute Gasteiger partial charge is 0.424 e. The van der Waals surface area contributed by atoms with Gasteiger partial charge in [0.05, 0.1) is 5.75 Å².